The lowest BCUT2D eigenvalue weighted by atomic mass is 9.94. The molecule has 1 atom stereocenters. The molecule has 0 radical (unpaired) electrons. The van der Waals surface area contributed by atoms with Gasteiger partial charge in [-0.1, -0.05) is 11.2 Å². The van der Waals surface area contributed by atoms with Gasteiger partial charge in [-0.15, -0.1) is 0 Å². The van der Waals surface area contributed by atoms with Crippen LogP contribution in [-0.4, -0.2) is 10.8 Å². The van der Waals surface area contributed by atoms with Crippen molar-refractivity contribution in [3.63, 3.8) is 0 Å². The molecule has 0 saturated carbocycles. The number of hydrogen-bond acceptors (Lipinski definition) is 2. The molecule has 1 saturated heterocycles. The summed E-state index contributed by atoms with van der Waals surface area (Å²) in [6.45, 7) is 8.08. The Labute approximate surface area is 67.4 Å². The van der Waals surface area contributed by atoms with E-state index in [1.54, 1.807) is 0 Å². The van der Waals surface area contributed by atoms with Gasteiger partial charge in [0.15, 0.2) is 7.50 Å². The molecule has 0 aromatic carbocycles. The van der Waals surface area contributed by atoms with E-state index in [4.69, 9.17) is 20.8 Å². The lowest BCUT2D eigenvalue weighted by molar-refractivity contribution is -0.255. The summed E-state index contributed by atoms with van der Waals surface area (Å²) < 4.78 is 4.91. The van der Waals surface area contributed by atoms with E-state index in [1.807, 2.05) is 13.8 Å². The molecule has 1 unspecified atom stereocenters. The van der Waals surface area contributed by atoms with E-state index >= 15 is 0 Å². The molecule has 0 aromatic heterocycles. The fourth-order valence-electron chi connectivity index (χ4n) is 0.533. The van der Waals surface area contributed by atoms with E-state index in [0.717, 1.165) is 0 Å². The van der Waals surface area contributed by atoms with Crippen molar-refractivity contribution in [2.45, 2.75) is 38.5 Å². The lowest BCUT2D eigenvalue weighted by Crippen LogP contribution is -2.39. The predicted molar refractivity (Wildman–Crippen MR) is 43.1 cm³/mol. The van der Waals surface area contributed by atoms with Crippen molar-refractivity contribution in [2.75, 3.05) is 0 Å². The van der Waals surface area contributed by atoms with Gasteiger partial charge in [0.1, 0.15) is 5.60 Å². The van der Waals surface area contributed by atoms with E-state index in [0.29, 0.717) is 0 Å². The monoisotopic (exact) mass is 182 g/mol. The molecule has 60 valence electrons. The second kappa shape index (κ2) is 2.31. The van der Waals surface area contributed by atoms with Gasteiger partial charge in [-0.2, -0.15) is 4.67 Å². The maximum atomic E-state index is 5.91. The average Bonchev–Trinajstić information content (AvgIpc) is 1.94. The molecule has 0 bridgehead atoms. The van der Waals surface area contributed by atoms with Crippen LogP contribution in [0, 0.1) is 0 Å². The van der Waals surface area contributed by atoms with E-state index in [1.165, 1.54) is 0 Å². The second-order valence-electron chi connectivity index (χ2n) is 3.47. The smallest absolute Gasteiger partial charge is 0.174 e. The van der Waals surface area contributed by atoms with Gasteiger partial charge >= 0.3 is 0 Å². The SMILES string of the molecule is CC1(C)OOP(Cl)C1(C)C. The Bertz CT molecular complexity index is 147. The van der Waals surface area contributed by atoms with Crippen molar-refractivity contribution in [3.05, 3.63) is 0 Å². The first-order chi connectivity index (χ1) is 4.38. The Balaban J connectivity index is 2.84. The van der Waals surface area contributed by atoms with Crippen LogP contribution in [0.1, 0.15) is 27.7 Å². The van der Waals surface area contributed by atoms with Gasteiger partial charge in [-0.25, -0.2) is 4.89 Å². The van der Waals surface area contributed by atoms with Gasteiger partial charge in [0.25, 0.3) is 0 Å². The lowest BCUT2D eigenvalue weighted by Gasteiger charge is -2.29. The number of rotatable bonds is 0. The standard InChI is InChI=1S/C6H12ClO2P/c1-5(2)6(3,4)10(7)9-8-5/h1-4H3. The van der Waals surface area contributed by atoms with Crippen molar-refractivity contribution >= 4 is 18.7 Å². The first kappa shape index (κ1) is 8.73. The van der Waals surface area contributed by atoms with Gasteiger partial charge < -0.3 is 0 Å². The molecule has 0 aromatic rings. The molecule has 1 aliphatic heterocycles. The normalized spacial score (nSPS) is 36.3. The maximum Gasteiger partial charge on any atom is 0.174 e. The first-order valence-corrected chi connectivity index (χ1v) is 5.36. The molecular formula is C6H12ClO2P. The molecule has 1 aliphatic rings. The van der Waals surface area contributed by atoms with Crippen LogP contribution in [0.15, 0.2) is 0 Å². The van der Waals surface area contributed by atoms with Crippen LogP contribution in [0.25, 0.3) is 0 Å². The van der Waals surface area contributed by atoms with Gasteiger partial charge in [-0.3, -0.25) is 0 Å². The Hall–Kier alpha value is 0.640. The highest BCUT2D eigenvalue weighted by atomic mass is 35.7. The summed E-state index contributed by atoms with van der Waals surface area (Å²) in [7, 11) is -0.946. The third-order valence-corrected chi connectivity index (χ3v) is 5.28. The van der Waals surface area contributed by atoms with Crippen LogP contribution >= 0.6 is 18.7 Å². The van der Waals surface area contributed by atoms with Crippen molar-refractivity contribution in [3.8, 4) is 0 Å². The van der Waals surface area contributed by atoms with Gasteiger partial charge in [0.05, 0.1) is 5.16 Å². The molecule has 0 spiro atoms. The van der Waals surface area contributed by atoms with Gasteiger partial charge in [-0.05, 0) is 27.7 Å². The molecule has 1 fully saturated rings. The quantitative estimate of drug-likeness (QED) is 0.424. The fraction of sp³-hybridized carbons (Fsp3) is 1.00. The van der Waals surface area contributed by atoms with Crippen LogP contribution in [0.3, 0.4) is 0 Å². The zero-order chi connectivity index (χ0) is 7.99. The van der Waals surface area contributed by atoms with Crippen molar-refractivity contribution in [1.82, 2.24) is 0 Å². The minimum Gasteiger partial charge on any atom is -0.225 e. The molecule has 0 amide bonds. The third kappa shape index (κ3) is 1.08. The van der Waals surface area contributed by atoms with Crippen molar-refractivity contribution < 1.29 is 9.56 Å². The molecule has 4 heteroatoms. The summed E-state index contributed by atoms with van der Waals surface area (Å²) in [6.07, 6.45) is 0. The van der Waals surface area contributed by atoms with Gasteiger partial charge in [0.2, 0.25) is 0 Å². The Morgan fingerprint density at radius 2 is 1.70 bits per heavy atom. The molecule has 0 N–H and O–H groups in total. The summed E-state index contributed by atoms with van der Waals surface area (Å²) in [5.41, 5.74) is -0.263. The maximum absolute atomic E-state index is 5.91. The van der Waals surface area contributed by atoms with Crippen molar-refractivity contribution in [1.29, 1.82) is 0 Å². The third-order valence-electron chi connectivity index (χ3n) is 2.22. The summed E-state index contributed by atoms with van der Waals surface area (Å²) in [4.78, 5) is 5.06. The number of halogens is 1. The van der Waals surface area contributed by atoms with Crippen LogP contribution in [0.4, 0.5) is 0 Å². The van der Waals surface area contributed by atoms with E-state index in [9.17, 15) is 0 Å². The zero-order valence-corrected chi connectivity index (χ0v) is 8.29. The first-order valence-electron chi connectivity index (χ1n) is 3.20. The molecule has 0 aliphatic carbocycles. The van der Waals surface area contributed by atoms with Crippen LogP contribution in [0.2, 0.25) is 0 Å². The van der Waals surface area contributed by atoms with Crippen LogP contribution in [-0.2, 0) is 9.56 Å². The van der Waals surface area contributed by atoms with Crippen LogP contribution in [0.5, 0.6) is 0 Å². The summed E-state index contributed by atoms with van der Waals surface area (Å²) in [5, 5.41) is -0.0656. The zero-order valence-electron chi connectivity index (χ0n) is 6.64. The highest BCUT2D eigenvalue weighted by Gasteiger charge is 2.52. The molecule has 1 heterocycles. The van der Waals surface area contributed by atoms with E-state index in [-0.39, 0.29) is 10.8 Å². The second-order valence-corrected chi connectivity index (χ2v) is 6.15. The van der Waals surface area contributed by atoms with E-state index < -0.39 is 7.50 Å². The summed E-state index contributed by atoms with van der Waals surface area (Å²) in [5.74, 6) is 0. The van der Waals surface area contributed by atoms with Crippen LogP contribution < -0.4 is 0 Å². The van der Waals surface area contributed by atoms with Crippen molar-refractivity contribution in [2.24, 2.45) is 0 Å². The van der Waals surface area contributed by atoms with Gasteiger partial charge in [0, 0.05) is 0 Å². The highest BCUT2D eigenvalue weighted by molar-refractivity contribution is 7.81. The minimum absolute atomic E-state index is 0.0656. The molecule has 10 heavy (non-hydrogen) atoms. The molecule has 1 rings (SSSR count). The minimum atomic E-state index is -0.946. The Kier molecular flexibility index (Phi) is 2.02. The predicted octanol–water partition coefficient (Wildman–Crippen LogP) is 3.06. The summed E-state index contributed by atoms with van der Waals surface area (Å²) in [6, 6.07) is 0. The fourth-order valence-corrected chi connectivity index (χ4v) is 2.13. The largest absolute Gasteiger partial charge is 0.225 e. The Morgan fingerprint density at radius 3 is 1.80 bits per heavy atom. The van der Waals surface area contributed by atoms with E-state index in [2.05, 4.69) is 13.8 Å². The number of hydrogen-bond donors (Lipinski definition) is 0. The average molecular weight is 183 g/mol. The highest BCUT2D eigenvalue weighted by Crippen LogP contribution is 2.65. The molecular weight excluding hydrogens is 170 g/mol. The summed E-state index contributed by atoms with van der Waals surface area (Å²) >= 11 is 5.91. The Morgan fingerprint density at radius 1 is 1.20 bits per heavy atom. The topological polar surface area (TPSA) is 18.5 Å². The molecule has 2 nitrogen and oxygen atoms in total.